The van der Waals surface area contributed by atoms with Crippen LogP contribution >= 0.6 is 12.4 Å². The Kier molecular flexibility index (Phi) is 47.5. The van der Waals surface area contributed by atoms with Gasteiger partial charge in [-0.3, -0.25) is 29.3 Å². The topological polar surface area (TPSA) is 260 Å². The first-order chi connectivity index (χ1) is 40.2. The third kappa shape index (κ3) is 35.5. The zero-order chi connectivity index (χ0) is 63.2. The lowest BCUT2D eigenvalue weighted by atomic mass is 9.80. The number of carbonyl (C=O) groups excluding carboxylic acids is 4. The number of carbonyl (C=O) groups is 5. The van der Waals surface area contributed by atoms with Crippen LogP contribution in [0.15, 0.2) is 24.3 Å². The van der Waals surface area contributed by atoms with Crippen molar-refractivity contribution in [3.05, 3.63) is 35.7 Å². The third-order valence-corrected chi connectivity index (χ3v) is 13.4. The summed E-state index contributed by atoms with van der Waals surface area (Å²) in [7, 11) is 3.27. The van der Waals surface area contributed by atoms with Crippen LogP contribution in [0.2, 0.25) is 0 Å². The molecule has 2 saturated heterocycles. The number of aliphatic carboxylic acids is 1. The number of nitrogens with zero attached hydrogens (tertiary/aromatic N) is 2. The van der Waals surface area contributed by atoms with Gasteiger partial charge in [-0.25, -0.2) is 16.3 Å². The highest BCUT2D eigenvalue weighted by molar-refractivity contribution is 5.85. The van der Waals surface area contributed by atoms with E-state index in [2.05, 4.69) is 45.6 Å². The van der Waals surface area contributed by atoms with Crippen molar-refractivity contribution in [3.63, 3.8) is 0 Å². The maximum Gasteiger partial charge on any atom is 0.416 e. The molecule has 0 bridgehead atoms. The minimum atomic E-state index is -0.833. The summed E-state index contributed by atoms with van der Waals surface area (Å²) in [4.78, 5) is 64.9. The zero-order valence-corrected chi connectivity index (χ0v) is 53.6. The molecule has 2 aliphatic heterocycles. The Morgan fingerprint density at radius 1 is 0.682 bits per heavy atom. The second-order valence-corrected chi connectivity index (χ2v) is 21.1. The molecule has 4 N–H and O–H groups in total. The summed E-state index contributed by atoms with van der Waals surface area (Å²) in [6.45, 7) is 32.8. The SMILES string of the molecule is C#CCOCCOCCOCCOCCC(=O)N[C@H]([C@@H]1N[C@@H](OC=O)C[C@H]1/C=C\C)[C@](C)(CCC)OC.CC(=O)O.Cl.[C-]#[N+][C@H]1C[C@@H](/C=C\C)[C@H]([C@@H](NC(=O)CCOCCOCCOCCOCC#C)[C@](C)(CCC)OC)N1C(=O)OC(C)(C)C. The smallest absolute Gasteiger partial charge is 0.416 e. The second-order valence-electron chi connectivity index (χ2n) is 21.1. The van der Waals surface area contributed by atoms with E-state index in [0.29, 0.717) is 105 Å². The van der Waals surface area contributed by atoms with Gasteiger partial charge in [0.2, 0.25) is 11.8 Å². The average molecular weight is 1230 g/mol. The van der Waals surface area contributed by atoms with Gasteiger partial charge in [0.1, 0.15) is 18.8 Å². The minimum absolute atomic E-state index is 0. The molecule has 10 atom stereocenters. The highest BCUT2D eigenvalue weighted by Gasteiger charge is 2.56. The molecule has 2 heterocycles. The second kappa shape index (κ2) is 49.1. The quantitative estimate of drug-likeness (QED) is 0.0166. The summed E-state index contributed by atoms with van der Waals surface area (Å²) in [6.07, 6.45) is 20.9. The normalized spacial score (nSPS) is 20.3. The van der Waals surface area contributed by atoms with E-state index in [1.165, 1.54) is 4.90 Å². The molecule has 2 rings (SSSR count). The van der Waals surface area contributed by atoms with Crippen molar-refractivity contribution in [2.45, 2.75) is 174 Å². The molecule has 0 spiro atoms. The third-order valence-electron chi connectivity index (χ3n) is 13.4. The number of hydrogen-bond acceptors (Lipinski definition) is 18. The predicted molar refractivity (Wildman–Crippen MR) is 324 cm³/mol. The Morgan fingerprint density at radius 3 is 1.44 bits per heavy atom. The van der Waals surface area contributed by atoms with Crippen LogP contribution in [0, 0.1) is 43.1 Å². The van der Waals surface area contributed by atoms with Crippen molar-refractivity contribution >= 4 is 42.8 Å². The van der Waals surface area contributed by atoms with E-state index in [0.717, 1.165) is 26.2 Å². The van der Waals surface area contributed by atoms with E-state index in [1.54, 1.807) is 35.0 Å². The summed E-state index contributed by atoms with van der Waals surface area (Å²) < 4.78 is 66.0. The van der Waals surface area contributed by atoms with Crippen molar-refractivity contribution in [2.24, 2.45) is 11.8 Å². The number of halogens is 1. The van der Waals surface area contributed by atoms with Gasteiger partial charge in [0.25, 0.3) is 12.4 Å². The number of nitrogens with one attached hydrogen (secondary N) is 3. The molecule has 2 aliphatic rings. The van der Waals surface area contributed by atoms with Crippen molar-refractivity contribution in [3.8, 4) is 24.7 Å². The van der Waals surface area contributed by atoms with Crippen molar-refractivity contribution in [2.75, 3.05) is 120 Å². The number of hydrogen-bond donors (Lipinski definition) is 4. The molecule has 0 aromatic rings. The van der Waals surface area contributed by atoms with Gasteiger partial charge < -0.3 is 72.6 Å². The Bertz CT molecular complexity index is 2010. The molecule has 0 aromatic carbocycles. The number of terminal acetylenes is 2. The van der Waals surface area contributed by atoms with Gasteiger partial charge in [-0.05, 0) is 67.2 Å². The lowest BCUT2D eigenvalue weighted by molar-refractivity contribution is -0.135. The fraction of sp³-hybridized carbons (Fsp3) is 0.770. The van der Waals surface area contributed by atoms with E-state index < -0.39 is 53.3 Å². The zero-order valence-electron chi connectivity index (χ0n) is 52.8. The molecular formula is C61H104ClN5O18. The maximum atomic E-state index is 13.5. The molecule has 0 radical (unpaired) electrons. The summed E-state index contributed by atoms with van der Waals surface area (Å²) in [5.41, 5.74) is -2.16. The summed E-state index contributed by atoms with van der Waals surface area (Å²) in [5.74, 6) is 3.47. The lowest BCUT2D eigenvalue weighted by Crippen LogP contribution is -2.64. The van der Waals surface area contributed by atoms with Crippen LogP contribution in [0.1, 0.15) is 121 Å². The number of carboxylic acids is 1. The minimum Gasteiger partial charge on any atom is -0.481 e. The number of likely N-dealkylation sites (tertiary alicyclic amines) is 1. The predicted octanol–water partition coefficient (Wildman–Crippen LogP) is 6.55. The summed E-state index contributed by atoms with van der Waals surface area (Å²) in [6, 6.07) is -1.66. The highest BCUT2D eigenvalue weighted by Crippen LogP contribution is 2.40. The highest BCUT2D eigenvalue weighted by atomic mass is 35.5. The Morgan fingerprint density at radius 2 is 1.07 bits per heavy atom. The first-order valence-electron chi connectivity index (χ1n) is 29.0. The Labute approximate surface area is 513 Å². The van der Waals surface area contributed by atoms with Crippen LogP contribution in [0.25, 0.3) is 4.85 Å². The number of rotatable bonds is 42. The summed E-state index contributed by atoms with van der Waals surface area (Å²) in [5, 5.41) is 17.1. The number of carboxylic acid groups (broad SMARTS) is 1. The molecule has 0 unspecified atom stereocenters. The van der Waals surface area contributed by atoms with Crippen LogP contribution in [-0.4, -0.2) is 214 Å². The average Bonchev–Trinajstić information content (AvgIpc) is 2.57. The molecule has 0 aromatic heterocycles. The number of ether oxygens (including phenoxy) is 12. The monoisotopic (exact) mass is 1230 g/mol. The van der Waals surface area contributed by atoms with E-state index in [4.69, 9.17) is 86.2 Å². The van der Waals surface area contributed by atoms with Crippen LogP contribution in [0.3, 0.4) is 0 Å². The standard InChI is InChI=1S/C32H53N3O8.C27H46N2O8.C2H4O2.ClH/c1-10-13-25-24-26(33-8)35(30(37)43-31(4,5)6)28(25)29(32(7,38-9)15-11-2)34-27(36)14-17-40-19-21-42-23-22-41-20-18-39-16-12-3;1-6-9-22-20-24(37-21-30)29-25(22)26(27(4,32-5)11-7-2)28-23(31)10-13-34-15-17-36-19-18-35-16-14-33-12-8-3;1-2(3)4;/h3,10,13,25-26,28-29H,11,14-24H2,1-2,4-7,9H3,(H,34,36);3,6,9,21-22,24-26,29H,7,10-20H2,1-2,4-5H3,(H,28,31);1H3,(H,3,4);1H/b13-10-;9-6-;;/t25-,26-,28-,29-,32+;22-,24+,25-,26-,27+;;/m11../s1. The van der Waals surface area contributed by atoms with Gasteiger partial charge in [-0.15, -0.1) is 25.3 Å². The van der Waals surface area contributed by atoms with Crippen LogP contribution in [-0.2, 0) is 76.0 Å². The lowest BCUT2D eigenvalue weighted by Gasteiger charge is -2.44. The van der Waals surface area contributed by atoms with Crippen molar-refractivity contribution in [1.29, 1.82) is 0 Å². The first kappa shape index (κ1) is 82.2. The molecule has 0 aliphatic carbocycles. The molecule has 3 amide bonds. The molecule has 24 heteroatoms. The first-order valence-corrected chi connectivity index (χ1v) is 29.0. The van der Waals surface area contributed by atoms with E-state index >= 15 is 0 Å². The van der Waals surface area contributed by atoms with Gasteiger partial charge >= 0.3 is 12.3 Å². The maximum absolute atomic E-state index is 13.5. The van der Waals surface area contributed by atoms with Gasteiger partial charge in [-0.2, -0.15) is 0 Å². The number of allylic oxidation sites excluding steroid dienone is 2. The van der Waals surface area contributed by atoms with Gasteiger partial charge in [0, 0.05) is 52.4 Å². The molecule has 2 fully saturated rings. The summed E-state index contributed by atoms with van der Waals surface area (Å²) >= 11 is 0. The molecular weight excluding hydrogens is 1130 g/mol. The Hall–Kier alpha value is -4.91. The fourth-order valence-electron chi connectivity index (χ4n) is 9.56. The molecule has 488 valence electrons. The van der Waals surface area contributed by atoms with Crippen LogP contribution in [0.5, 0.6) is 0 Å². The van der Waals surface area contributed by atoms with E-state index in [-0.39, 0.29) is 87.4 Å². The molecule has 85 heavy (non-hydrogen) atoms. The number of methoxy groups -OCH3 is 2. The molecule has 23 nitrogen and oxygen atoms in total. The van der Waals surface area contributed by atoms with Crippen molar-refractivity contribution < 1.29 is 85.9 Å². The van der Waals surface area contributed by atoms with Crippen LogP contribution < -0.4 is 16.0 Å². The van der Waals surface area contributed by atoms with Crippen molar-refractivity contribution in [1.82, 2.24) is 20.9 Å². The van der Waals surface area contributed by atoms with Gasteiger partial charge in [-0.1, -0.05) is 62.8 Å². The van der Waals surface area contributed by atoms with Gasteiger partial charge in [0.05, 0.1) is 128 Å². The van der Waals surface area contributed by atoms with Gasteiger partial charge in [0.15, 0.2) is 6.23 Å². The van der Waals surface area contributed by atoms with E-state index in [1.807, 2.05) is 52.8 Å². The fourth-order valence-corrected chi connectivity index (χ4v) is 9.56. The van der Waals surface area contributed by atoms with E-state index in [9.17, 15) is 19.2 Å². The largest absolute Gasteiger partial charge is 0.481 e. The number of amides is 3. The van der Waals surface area contributed by atoms with Crippen LogP contribution in [0.4, 0.5) is 4.79 Å². The molecule has 0 saturated carbocycles. The Balaban J connectivity index is 0.